The van der Waals surface area contributed by atoms with Gasteiger partial charge < -0.3 is 4.74 Å². The normalized spacial score (nSPS) is 15.8. The number of aromatic nitrogens is 2. The third-order valence-corrected chi connectivity index (χ3v) is 4.04. The van der Waals surface area contributed by atoms with Gasteiger partial charge in [-0.1, -0.05) is 34.8 Å². The molecular formula is C15H17BrN2O. The molecule has 1 saturated carbocycles. The van der Waals surface area contributed by atoms with Crippen LogP contribution in [0.15, 0.2) is 41.0 Å². The molecule has 1 aliphatic rings. The molecule has 1 aromatic heterocycles. The first-order chi connectivity index (χ1) is 9.31. The van der Waals surface area contributed by atoms with Gasteiger partial charge in [-0.2, -0.15) is 5.10 Å². The van der Waals surface area contributed by atoms with Gasteiger partial charge in [-0.25, -0.2) is 0 Å². The van der Waals surface area contributed by atoms with Gasteiger partial charge in [-0.15, -0.1) is 0 Å². The zero-order chi connectivity index (χ0) is 13.1. The minimum atomic E-state index is 0.524. The molecule has 4 heteroatoms. The molecule has 0 amide bonds. The minimum Gasteiger partial charge on any atom is -0.487 e. The van der Waals surface area contributed by atoms with E-state index in [1.165, 1.54) is 25.7 Å². The summed E-state index contributed by atoms with van der Waals surface area (Å²) in [4.78, 5) is 0. The first-order valence-electron chi connectivity index (χ1n) is 6.74. The Labute approximate surface area is 121 Å². The Balaban J connectivity index is 1.61. The van der Waals surface area contributed by atoms with Gasteiger partial charge in [0.15, 0.2) is 0 Å². The van der Waals surface area contributed by atoms with E-state index < -0.39 is 0 Å². The SMILES string of the molecule is Brc1cccc(OCc2ccn(C3CCCC3)n2)c1. The highest BCUT2D eigenvalue weighted by molar-refractivity contribution is 9.10. The molecule has 0 unspecified atom stereocenters. The van der Waals surface area contributed by atoms with Crippen LogP contribution in [0.4, 0.5) is 0 Å². The Morgan fingerprint density at radius 1 is 1.26 bits per heavy atom. The Morgan fingerprint density at radius 3 is 2.89 bits per heavy atom. The molecule has 0 radical (unpaired) electrons. The summed E-state index contributed by atoms with van der Waals surface area (Å²) in [6, 6.07) is 10.5. The van der Waals surface area contributed by atoms with Crippen LogP contribution in [0.2, 0.25) is 0 Å². The van der Waals surface area contributed by atoms with Gasteiger partial charge in [0, 0.05) is 10.7 Å². The van der Waals surface area contributed by atoms with Crippen molar-refractivity contribution < 1.29 is 4.74 Å². The molecule has 0 spiro atoms. The maximum Gasteiger partial charge on any atom is 0.132 e. The summed E-state index contributed by atoms with van der Waals surface area (Å²) in [5.74, 6) is 0.866. The second-order valence-corrected chi connectivity index (χ2v) is 5.89. The van der Waals surface area contributed by atoms with Gasteiger partial charge in [-0.3, -0.25) is 4.68 Å². The zero-order valence-electron chi connectivity index (χ0n) is 10.8. The van der Waals surface area contributed by atoms with E-state index in [0.717, 1.165) is 15.9 Å². The maximum atomic E-state index is 5.74. The van der Waals surface area contributed by atoms with Gasteiger partial charge >= 0.3 is 0 Å². The summed E-state index contributed by atoms with van der Waals surface area (Å²) in [5, 5.41) is 4.61. The number of hydrogen-bond donors (Lipinski definition) is 0. The summed E-state index contributed by atoms with van der Waals surface area (Å²) in [6.45, 7) is 0.524. The summed E-state index contributed by atoms with van der Waals surface area (Å²) < 4.78 is 8.88. The van der Waals surface area contributed by atoms with Crippen molar-refractivity contribution in [3.05, 3.63) is 46.7 Å². The lowest BCUT2D eigenvalue weighted by Gasteiger charge is -2.09. The molecule has 1 heterocycles. The summed E-state index contributed by atoms with van der Waals surface area (Å²) in [5.41, 5.74) is 0.992. The lowest BCUT2D eigenvalue weighted by atomic mass is 10.3. The monoisotopic (exact) mass is 320 g/mol. The first kappa shape index (κ1) is 12.7. The Kier molecular flexibility index (Phi) is 3.87. The standard InChI is InChI=1S/C15H17BrN2O/c16-12-4-3-7-15(10-12)19-11-13-8-9-18(17-13)14-5-1-2-6-14/h3-4,7-10,14H,1-2,5-6,11H2. The minimum absolute atomic E-state index is 0.524. The molecule has 1 fully saturated rings. The second-order valence-electron chi connectivity index (χ2n) is 4.97. The largest absolute Gasteiger partial charge is 0.487 e. The van der Waals surface area contributed by atoms with Crippen molar-refractivity contribution >= 4 is 15.9 Å². The molecule has 0 aliphatic heterocycles. The summed E-state index contributed by atoms with van der Waals surface area (Å²) in [6.07, 6.45) is 7.25. The highest BCUT2D eigenvalue weighted by atomic mass is 79.9. The summed E-state index contributed by atoms with van der Waals surface area (Å²) in [7, 11) is 0. The van der Waals surface area contributed by atoms with Crippen molar-refractivity contribution in [2.45, 2.75) is 38.3 Å². The van der Waals surface area contributed by atoms with Crippen molar-refractivity contribution in [2.75, 3.05) is 0 Å². The highest BCUT2D eigenvalue weighted by Gasteiger charge is 2.17. The summed E-state index contributed by atoms with van der Waals surface area (Å²) >= 11 is 3.44. The van der Waals surface area contributed by atoms with E-state index >= 15 is 0 Å². The van der Waals surface area contributed by atoms with Gasteiger partial charge in [0.05, 0.1) is 11.7 Å². The van der Waals surface area contributed by atoms with Crippen LogP contribution in [0.3, 0.4) is 0 Å². The Hall–Kier alpha value is -1.29. The molecule has 0 atom stereocenters. The molecule has 0 saturated heterocycles. The van der Waals surface area contributed by atoms with E-state index in [2.05, 4.69) is 38.0 Å². The number of nitrogens with zero attached hydrogens (tertiary/aromatic N) is 2. The van der Waals surface area contributed by atoms with Crippen molar-refractivity contribution in [1.29, 1.82) is 0 Å². The van der Waals surface area contributed by atoms with E-state index in [9.17, 15) is 0 Å². The highest BCUT2D eigenvalue weighted by Crippen LogP contribution is 2.28. The van der Waals surface area contributed by atoms with Crippen molar-refractivity contribution in [2.24, 2.45) is 0 Å². The molecular weight excluding hydrogens is 304 g/mol. The van der Waals surface area contributed by atoms with E-state index in [4.69, 9.17) is 4.74 Å². The number of hydrogen-bond acceptors (Lipinski definition) is 2. The number of halogens is 1. The average Bonchev–Trinajstić information content (AvgIpc) is 3.07. The molecule has 0 N–H and O–H groups in total. The third-order valence-electron chi connectivity index (χ3n) is 3.55. The molecule has 1 aromatic carbocycles. The van der Waals surface area contributed by atoms with E-state index in [1.807, 2.05) is 24.3 Å². The Bertz CT molecular complexity index is 547. The average molecular weight is 321 g/mol. The lowest BCUT2D eigenvalue weighted by Crippen LogP contribution is -2.06. The van der Waals surface area contributed by atoms with Crippen LogP contribution in [0.1, 0.15) is 37.4 Å². The quantitative estimate of drug-likeness (QED) is 0.837. The molecule has 19 heavy (non-hydrogen) atoms. The van der Waals surface area contributed by atoms with Crippen LogP contribution < -0.4 is 4.74 Å². The molecule has 1 aliphatic carbocycles. The van der Waals surface area contributed by atoms with Gasteiger partial charge in [-0.05, 0) is 37.1 Å². The Morgan fingerprint density at radius 2 is 2.11 bits per heavy atom. The maximum absolute atomic E-state index is 5.74. The van der Waals surface area contributed by atoms with Crippen molar-refractivity contribution in [3.8, 4) is 5.75 Å². The molecule has 2 aromatic rings. The molecule has 100 valence electrons. The molecule has 3 rings (SSSR count). The fraction of sp³-hybridized carbons (Fsp3) is 0.400. The lowest BCUT2D eigenvalue weighted by molar-refractivity contribution is 0.297. The van der Waals surface area contributed by atoms with Crippen LogP contribution in [0.25, 0.3) is 0 Å². The predicted octanol–water partition coefficient (Wildman–Crippen LogP) is 4.34. The fourth-order valence-corrected chi connectivity index (χ4v) is 2.92. The van der Waals surface area contributed by atoms with Crippen molar-refractivity contribution in [1.82, 2.24) is 9.78 Å². The third kappa shape index (κ3) is 3.18. The number of benzene rings is 1. The number of rotatable bonds is 4. The van der Waals surface area contributed by atoms with Gasteiger partial charge in [0.25, 0.3) is 0 Å². The zero-order valence-corrected chi connectivity index (χ0v) is 12.3. The van der Waals surface area contributed by atoms with Crippen molar-refractivity contribution in [3.63, 3.8) is 0 Å². The van der Waals surface area contributed by atoms with E-state index in [0.29, 0.717) is 12.6 Å². The topological polar surface area (TPSA) is 27.1 Å². The first-order valence-corrected chi connectivity index (χ1v) is 7.53. The van der Waals surface area contributed by atoms with Crippen LogP contribution in [0, 0.1) is 0 Å². The van der Waals surface area contributed by atoms with Crippen LogP contribution in [-0.2, 0) is 6.61 Å². The van der Waals surface area contributed by atoms with Crippen LogP contribution >= 0.6 is 15.9 Å². The second kappa shape index (κ2) is 5.78. The van der Waals surface area contributed by atoms with Crippen LogP contribution in [-0.4, -0.2) is 9.78 Å². The van der Waals surface area contributed by atoms with Gasteiger partial charge in [0.2, 0.25) is 0 Å². The van der Waals surface area contributed by atoms with Crippen LogP contribution in [0.5, 0.6) is 5.75 Å². The smallest absolute Gasteiger partial charge is 0.132 e. The number of ether oxygens (including phenoxy) is 1. The van der Waals surface area contributed by atoms with E-state index in [1.54, 1.807) is 0 Å². The fourth-order valence-electron chi connectivity index (χ4n) is 2.54. The molecule has 3 nitrogen and oxygen atoms in total. The van der Waals surface area contributed by atoms with Gasteiger partial charge in [0.1, 0.15) is 12.4 Å². The molecule has 0 bridgehead atoms. The predicted molar refractivity (Wildman–Crippen MR) is 78.2 cm³/mol. The van der Waals surface area contributed by atoms with E-state index in [-0.39, 0.29) is 0 Å².